The van der Waals surface area contributed by atoms with Crippen molar-refractivity contribution in [2.24, 2.45) is 5.41 Å². The Morgan fingerprint density at radius 3 is 2.70 bits per heavy atom. The van der Waals surface area contributed by atoms with Gasteiger partial charge in [0, 0.05) is 17.1 Å². The summed E-state index contributed by atoms with van der Waals surface area (Å²) >= 11 is 1.42. The Morgan fingerprint density at radius 1 is 1.39 bits per heavy atom. The van der Waals surface area contributed by atoms with Gasteiger partial charge in [0.2, 0.25) is 5.91 Å². The van der Waals surface area contributed by atoms with Crippen molar-refractivity contribution in [3.8, 4) is 5.75 Å². The van der Waals surface area contributed by atoms with Crippen molar-refractivity contribution in [3.63, 3.8) is 0 Å². The highest BCUT2D eigenvalue weighted by Crippen LogP contribution is 2.33. The van der Waals surface area contributed by atoms with Gasteiger partial charge in [0.05, 0.1) is 24.4 Å². The zero-order chi connectivity index (χ0) is 17.2. The molecule has 1 heterocycles. The molecule has 0 unspecified atom stereocenters. The first-order chi connectivity index (χ1) is 10.7. The number of carbonyl (C=O) groups excluding carboxylic acids is 2. The molecule has 0 atom stereocenters. The number of rotatable bonds is 4. The third kappa shape index (κ3) is 4.16. The van der Waals surface area contributed by atoms with Gasteiger partial charge in [-0.25, -0.2) is 0 Å². The van der Waals surface area contributed by atoms with Gasteiger partial charge in [-0.2, -0.15) is 0 Å². The third-order valence-corrected chi connectivity index (χ3v) is 4.69. The van der Waals surface area contributed by atoms with Gasteiger partial charge in [0.15, 0.2) is 5.78 Å². The van der Waals surface area contributed by atoms with E-state index in [4.69, 9.17) is 4.74 Å². The lowest BCUT2D eigenvalue weighted by Crippen LogP contribution is -2.26. The van der Waals surface area contributed by atoms with Crippen LogP contribution in [0.5, 0.6) is 5.75 Å². The van der Waals surface area contributed by atoms with Gasteiger partial charge in [-0.1, -0.05) is 50.2 Å². The first-order valence-electron chi connectivity index (χ1n) is 7.55. The summed E-state index contributed by atoms with van der Waals surface area (Å²) in [5.74, 6) is 1.17. The van der Waals surface area contributed by atoms with E-state index >= 15 is 0 Å². The minimum Gasteiger partial charge on any atom is -0.496 e. The van der Waals surface area contributed by atoms with E-state index < -0.39 is 5.41 Å². The number of ketones is 1. The molecule has 1 amide bonds. The van der Waals surface area contributed by atoms with Crippen molar-refractivity contribution in [1.29, 1.82) is 0 Å². The summed E-state index contributed by atoms with van der Waals surface area (Å²) < 4.78 is 5.39. The number of hydrogen-bond donors (Lipinski definition) is 0. The molecule has 1 aromatic rings. The van der Waals surface area contributed by atoms with Crippen molar-refractivity contribution < 1.29 is 14.3 Å². The van der Waals surface area contributed by atoms with E-state index in [0.717, 1.165) is 21.9 Å². The van der Waals surface area contributed by atoms with E-state index in [1.165, 1.54) is 11.8 Å². The van der Waals surface area contributed by atoms with Gasteiger partial charge in [0.1, 0.15) is 5.75 Å². The average Bonchev–Trinajstić information content (AvgIpc) is 2.79. The third-order valence-electron chi connectivity index (χ3n) is 3.67. The summed E-state index contributed by atoms with van der Waals surface area (Å²) in [5, 5.41) is 0.721. The molecule has 1 saturated heterocycles. The molecular weight excluding hydrogens is 310 g/mol. The van der Waals surface area contributed by atoms with E-state index in [-0.39, 0.29) is 11.7 Å². The number of nitrogens with zero attached hydrogens (tertiary/aromatic N) is 1. The van der Waals surface area contributed by atoms with Gasteiger partial charge in [-0.15, -0.1) is 0 Å². The van der Waals surface area contributed by atoms with Crippen molar-refractivity contribution >= 4 is 23.5 Å². The van der Waals surface area contributed by atoms with Crippen LogP contribution in [0.1, 0.15) is 31.9 Å². The van der Waals surface area contributed by atoms with Crippen LogP contribution in [-0.2, 0) is 16.1 Å². The topological polar surface area (TPSA) is 46.6 Å². The van der Waals surface area contributed by atoms with Gasteiger partial charge in [-0.05, 0) is 13.0 Å². The number of thioether (sulfide) groups is 1. The SMILES string of the molecule is COc1ccc(C)cc1CN1C(=O)CSC1=CC(=O)C(C)(C)C. The van der Waals surface area contributed by atoms with Crippen molar-refractivity contribution in [2.75, 3.05) is 12.9 Å². The Kier molecular flexibility index (Phi) is 5.19. The molecule has 0 saturated carbocycles. The van der Waals surface area contributed by atoms with Crippen molar-refractivity contribution in [2.45, 2.75) is 34.2 Å². The molecule has 0 bridgehead atoms. The molecule has 1 aromatic carbocycles. The highest BCUT2D eigenvalue weighted by molar-refractivity contribution is 8.04. The van der Waals surface area contributed by atoms with Crippen LogP contribution in [0.4, 0.5) is 0 Å². The summed E-state index contributed by atoms with van der Waals surface area (Å²) in [7, 11) is 1.62. The molecule has 0 aliphatic carbocycles. The second-order valence-corrected chi connectivity index (χ2v) is 7.68. The molecule has 1 aliphatic rings. The van der Waals surface area contributed by atoms with Crippen LogP contribution in [0, 0.1) is 12.3 Å². The molecule has 23 heavy (non-hydrogen) atoms. The Balaban J connectivity index is 2.30. The summed E-state index contributed by atoms with van der Waals surface area (Å²) in [4.78, 5) is 26.1. The minimum absolute atomic E-state index is 0.0199. The van der Waals surface area contributed by atoms with Crippen LogP contribution >= 0.6 is 11.8 Å². The summed E-state index contributed by atoms with van der Waals surface area (Å²) in [6, 6.07) is 5.89. The quantitative estimate of drug-likeness (QED) is 0.791. The molecule has 0 N–H and O–H groups in total. The number of aryl methyl sites for hydroxylation is 1. The van der Waals surface area contributed by atoms with Crippen LogP contribution in [0.2, 0.25) is 0 Å². The highest BCUT2D eigenvalue weighted by Gasteiger charge is 2.30. The van der Waals surface area contributed by atoms with E-state index in [9.17, 15) is 9.59 Å². The zero-order valence-corrected chi connectivity index (χ0v) is 15.1. The lowest BCUT2D eigenvalue weighted by Gasteiger charge is -2.20. The Bertz CT molecular complexity index is 659. The van der Waals surface area contributed by atoms with Gasteiger partial charge >= 0.3 is 0 Å². The lowest BCUT2D eigenvalue weighted by molar-refractivity contribution is -0.125. The molecule has 0 radical (unpaired) electrons. The Morgan fingerprint density at radius 2 is 2.09 bits per heavy atom. The average molecular weight is 333 g/mol. The Labute approximate surface area is 141 Å². The number of allylic oxidation sites excluding steroid dienone is 1. The number of methoxy groups -OCH3 is 1. The van der Waals surface area contributed by atoms with E-state index in [1.807, 2.05) is 45.9 Å². The molecule has 1 aliphatic heterocycles. The fourth-order valence-electron chi connectivity index (χ4n) is 2.23. The van der Waals surface area contributed by atoms with Gasteiger partial charge < -0.3 is 9.64 Å². The maximum atomic E-state index is 12.3. The van der Waals surface area contributed by atoms with Gasteiger partial charge in [0.25, 0.3) is 0 Å². The molecule has 1 fully saturated rings. The second-order valence-electron chi connectivity index (χ2n) is 6.68. The maximum Gasteiger partial charge on any atom is 0.238 e. The zero-order valence-electron chi connectivity index (χ0n) is 14.3. The number of carbonyl (C=O) groups is 2. The summed E-state index contributed by atoms with van der Waals surface area (Å²) in [5.41, 5.74) is 1.60. The van der Waals surface area contributed by atoms with Crippen molar-refractivity contribution in [1.82, 2.24) is 4.90 Å². The smallest absolute Gasteiger partial charge is 0.238 e. The molecule has 5 heteroatoms. The summed E-state index contributed by atoms with van der Waals surface area (Å²) in [6.45, 7) is 8.05. The maximum absolute atomic E-state index is 12.3. The molecule has 0 spiro atoms. The van der Waals surface area contributed by atoms with Crippen LogP contribution in [-0.4, -0.2) is 29.5 Å². The van der Waals surface area contributed by atoms with Gasteiger partial charge in [-0.3, -0.25) is 9.59 Å². The van der Waals surface area contributed by atoms with E-state index in [1.54, 1.807) is 18.1 Å². The molecule has 0 aromatic heterocycles. The number of ether oxygens (including phenoxy) is 1. The first kappa shape index (κ1) is 17.6. The molecule has 124 valence electrons. The van der Waals surface area contributed by atoms with Crippen molar-refractivity contribution in [3.05, 3.63) is 40.4 Å². The second kappa shape index (κ2) is 6.79. The normalized spacial score (nSPS) is 17.0. The number of hydrogen-bond acceptors (Lipinski definition) is 4. The molecule has 2 rings (SSSR count). The van der Waals surface area contributed by atoms with Crippen LogP contribution in [0.3, 0.4) is 0 Å². The van der Waals surface area contributed by atoms with E-state index in [0.29, 0.717) is 12.3 Å². The predicted molar refractivity (Wildman–Crippen MR) is 93.3 cm³/mol. The van der Waals surface area contributed by atoms with Crippen LogP contribution in [0.25, 0.3) is 0 Å². The molecule has 4 nitrogen and oxygen atoms in total. The fraction of sp³-hybridized carbons (Fsp3) is 0.444. The van der Waals surface area contributed by atoms with Crippen LogP contribution in [0.15, 0.2) is 29.3 Å². The van der Waals surface area contributed by atoms with E-state index in [2.05, 4.69) is 0 Å². The Hall–Kier alpha value is -1.75. The monoisotopic (exact) mass is 333 g/mol. The highest BCUT2D eigenvalue weighted by atomic mass is 32.2. The van der Waals surface area contributed by atoms with Crippen LogP contribution < -0.4 is 4.74 Å². The lowest BCUT2D eigenvalue weighted by atomic mass is 9.91. The summed E-state index contributed by atoms with van der Waals surface area (Å²) in [6.07, 6.45) is 1.60. The standard InChI is InChI=1S/C18H23NO3S/c1-12-6-7-14(22-5)13(8-12)10-19-16(21)11-23-17(19)9-15(20)18(2,3)4/h6-9H,10-11H2,1-5H3. The minimum atomic E-state index is -0.452. The number of benzene rings is 1. The largest absolute Gasteiger partial charge is 0.496 e. The molecular formula is C18H23NO3S. The predicted octanol–water partition coefficient (Wildman–Crippen LogP) is 3.54. The number of amides is 1. The first-order valence-corrected chi connectivity index (χ1v) is 8.53. The fourth-order valence-corrected chi connectivity index (χ4v) is 3.17.